The second kappa shape index (κ2) is 8.35. The van der Waals surface area contributed by atoms with E-state index in [1.807, 2.05) is 13.0 Å². The summed E-state index contributed by atoms with van der Waals surface area (Å²) in [5.41, 5.74) is 1.39. The summed E-state index contributed by atoms with van der Waals surface area (Å²) in [6, 6.07) is 4.91. The molecule has 1 aliphatic heterocycles. The smallest absolute Gasteiger partial charge is 0.191 e. The zero-order valence-corrected chi connectivity index (χ0v) is 16.6. The molecule has 0 radical (unpaired) electrons. The molecular weight excluding hydrogens is 357 g/mol. The maximum Gasteiger partial charge on any atom is 0.191 e. The van der Waals surface area contributed by atoms with E-state index < -0.39 is 14.6 Å². The number of benzene rings is 1. The predicted molar refractivity (Wildman–Crippen MR) is 102 cm³/mol. The van der Waals surface area contributed by atoms with Gasteiger partial charge in [0.2, 0.25) is 0 Å². The number of rotatable bonds is 5. The lowest BCUT2D eigenvalue weighted by Crippen LogP contribution is -2.53. The van der Waals surface area contributed by atoms with Crippen LogP contribution >= 0.6 is 0 Å². The summed E-state index contributed by atoms with van der Waals surface area (Å²) < 4.78 is 42.9. The molecule has 1 aromatic carbocycles. The van der Waals surface area contributed by atoms with Gasteiger partial charge in [-0.3, -0.25) is 4.99 Å². The molecule has 1 unspecified atom stereocenters. The highest BCUT2D eigenvalue weighted by atomic mass is 32.2. The molecule has 1 heterocycles. The van der Waals surface area contributed by atoms with Crippen molar-refractivity contribution in [2.24, 2.45) is 4.99 Å². The van der Waals surface area contributed by atoms with E-state index in [0.717, 1.165) is 5.56 Å². The molecule has 2 N–H and O–H groups in total. The van der Waals surface area contributed by atoms with Crippen molar-refractivity contribution in [1.29, 1.82) is 0 Å². The molecule has 1 aromatic rings. The van der Waals surface area contributed by atoms with E-state index in [1.165, 1.54) is 12.3 Å². The Bertz CT molecular complexity index is 759. The van der Waals surface area contributed by atoms with Gasteiger partial charge in [-0.15, -0.1) is 0 Å². The quantitative estimate of drug-likeness (QED) is 0.598. The molecule has 8 heteroatoms. The average molecular weight is 386 g/mol. The number of aliphatic imine (C=N–C) groups is 1. The molecule has 0 bridgehead atoms. The molecule has 26 heavy (non-hydrogen) atoms. The Labute approximate surface area is 155 Å². The summed E-state index contributed by atoms with van der Waals surface area (Å²) in [6.45, 7) is 4.73. The minimum absolute atomic E-state index is 0.180. The van der Waals surface area contributed by atoms with Crippen LogP contribution in [0.15, 0.2) is 23.2 Å². The van der Waals surface area contributed by atoms with Gasteiger partial charge in [-0.2, -0.15) is 0 Å². The first-order valence-corrected chi connectivity index (χ1v) is 10.6. The zero-order chi connectivity index (χ0) is 19.4. The molecule has 1 aliphatic rings. The number of nitrogens with one attached hydrogen (secondary N) is 2. The number of guanidine groups is 1. The van der Waals surface area contributed by atoms with Crippen LogP contribution < -0.4 is 10.6 Å². The van der Waals surface area contributed by atoms with Crippen molar-refractivity contribution in [3.05, 3.63) is 35.1 Å². The maximum atomic E-state index is 13.8. The minimum Gasteiger partial charge on any atom is -0.381 e. The third kappa shape index (κ3) is 4.73. The fraction of sp³-hybridized carbons (Fsp3) is 0.611. The topological polar surface area (TPSA) is 79.8 Å². The summed E-state index contributed by atoms with van der Waals surface area (Å²) in [5, 5.41) is 6.31. The number of sulfone groups is 1. The van der Waals surface area contributed by atoms with Crippen LogP contribution in [0, 0.1) is 12.7 Å². The van der Waals surface area contributed by atoms with Crippen LogP contribution in [0.3, 0.4) is 0 Å². The first-order valence-electron chi connectivity index (χ1n) is 8.69. The van der Waals surface area contributed by atoms with E-state index in [2.05, 4.69) is 15.6 Å². The summed E-state index contributed by atoms with van der Waals surface area (Å²) in [6.07, 6.45) is 2.18. The largest absolute Gasteiger partial charge is 0.381 e. The van der Waals surface area contributed by atoms with Gasteiger partial charge < -0.3 is 15.4 Å². The van der Waals surface area contributed by atoms with E-state index >= 15 is 0 Å². The fourth-order valence-electron chi connectivity index (χ4n) is 3.03. The van der Waals surface area contributed by atoms with E-state index in [1.54, 1.807) is 20.0 Å². The van der Waals surface area contributed by atoms with E-state index in [9.17, 15) is 12.8 Å². The zero-order valence-electron chi connectivity index (χ0n) is 15.8. The molecule has 0 aliphatic carbocycles. The lowest BCUT2D eigenvalue weighted by Gasteiger charge is -2.36. The summed E-state index contributed by atoms with van der Waals surface area (Å²) in [5.74, 6) is 0.227. The molecule has 0 saturated carbocycles. The van der Waals surface area contributed by atoms with E-state index in [-0.39, 0.29) is 18.4 Å². The minimum atomic E-state index is -3.26. The molecule has 1 saturated heterocycles. The second-order valence-electron chi connectivity index (χ2n) is 6.87. The summed E-state index contributed by atoms with van der Waals surface area (Å²) in [7, 11) is -1.64. The van der Waals surface area contributed by atoms with Crippen molar-refractivity contribution in [3.8, 4) is 0 Å². The number of hydrogen-bond donors (Lipinski definition) is 2. The molecule has 146 valence electrons. The van der Waals surface area contributed by atoms with Crippen LogP contribution in [0.5, 0.6) is 0 Å². The van der Waals surface area contributed by atoms with Gasteiger partial charge in [0.25, 0.3) is 0 Å². The lowest BCUT2D eigenvalue weighted by atomic mass is 9.99. The van der Waals surface area contributed by atoms with Crippen LogP contribution in [0.25, 0.3) is 0 Å². The number of ether oxygens (including phenoxy) is 1. The highest BCUT2D eigenvalue weighted by Gasteiger charge is 2.42. The molecule has 0 spiro atoms. The van der Waals surface area contributed by atoms with Gasteiger partial charge in [0, 0.05) is 33.1 Å². The van der Waals surface area contributed by atoms with Gasteiger partial charge in [0.15, 0.2) is 15.8 Å². The van der Waals surface area contributed by atoms with Gasteiger partial charge in [-0.05, 0) is 43.9 Å². The number of nitrogens with zero attached hydrogens (tertiary/aromatic N) is 1. The van der Waals surface area contributed by atoms with Crippen molar-refractivity contribution in [3.63, 3.8) is 0 Å². The second-order valence-corrected chi connectivity index (χ2v) is 9.28. The Morgan fingerprint density at radius 1 is 1.38 bits per heavy atom. The van der Waals surface area contributed by atoms with E-state index in [0.29, 0.717) is 37.6 Å². The van der Waals surface area contributed by atoms with Crippen LogP contribution in [0.1, 0.15) is 36.9 Å². The van der Waals surface area contributed by atoms with Gasteiger partial charge in [-0.25, -0.2) is 12.8 Å². The van der Waals surface area contributed by atoms with Gasteiger partial charge >= 0.3 is 0 Å². The third-order valence-corrected chi connectivity index (χ3v) is 7.17. The first-order chi connectivity index (χ1) is 12.2. The van der Waals surface area contributed by atoms with Gasteiger partial charge in [0.05, 0.1) is 10.8 Å². The monoisotopic (exact) mass is 385 g/mol. The fourth-order valence-corrected chi connectivity index (χ4v) is 4.27. The maximum absolute atomic E-state index is 13.8. The summed E-state index contributed by atoms with van der Waals surface area (Å²) >= 11 is 0. The summed E-state index contributed by atoms with van der Waals surface area (Å²) in [4.78, 5) is 4.17. The average Bonchev–Trinajstić information content (AvgIpc) is 2.60. The van der Waals surface area contributed by atoms with Crippen LogP contribution in [0.4, 0.5) is 4.39 Å². The molecule has 2 rings (SSSR count). The van der Waals surface area contributed by atoms with Gasteiger partial charge in [-0.1, -0.05) is 12.1 Å². The molecular formula is C18H28FN3O3S. The molecule has 6 nitrogen and oxygen atoms in total. The standard InChI is InChI=1S/C18H28FN3O3S/c1-13-5-6-15(11-16(13)19)14(2)22-17(20-3)21-12-18(26(4,23)24)7-9-25-10-8-18/h5-6,11,14H,7-10,12H2,1-4H3,(H2,20,21,22). The van der Waals surface area contributed by atoms with Crippen LogP contribution in [-0.4, -0.2) is 52.2 Å². The number of halogens is 1. The Kier molecular flexibility index (Phi) is 6.63. The van der Waals surface area contributed by atoms with Crippen molar-refractivity contribution >= 4 is 15.8 Å². The first kappa shape index (κ1) is 20.6. The van der Waals surface area contributed by atoms with Crippen molar-refractivity contribution in [2.75, 3.05) is 33.1 Å². The number of aryl methyl sites for hydroxylation is 1. The Morgan fingerprint density at radius 2 is 2.04 bits per heavy atom. The number of hydrogen-bond acceptors (Lipinski definition) is 4. The molecule has 0 aromatic heterocycles. The van der Waals surface area contributed by atoms with Crippen molar-refractivity contribution in [2.45, 2.75) is 37.5 Å². The van der Waals surface area contributed by atoms with Gasteiger partial charge in [0.1, 0.15) is 5.82 Å². The predicted octanol–water partition coefficient (Wildman–Crippen LogP) is 1.95. The SMILES string of the molecule is CN=C(NCC1(S(C)(=O)=O)CCOCC1)NC(C)c1ccc(C)c(F)c1. The Balaban J connectivity index is 2.05. The Hall–Kier alpha value is -1.67. The van der Waals surface area contributed by atoms with Crippen molar-refractivity contribution in [1.82, 2.24) is 10.6 Å². The highest BCUT2D eigenvalue weighted by Crippen LogP contribution is 2.28. The van der Waals surface area contributed by atoms with Crippen molar-refractivity contribution < 1.29 is 17.5 Å². The van der Waals surface area contributed by atoms with E-state index in [4.69, 9.17) is 4.74 Å². The Morgan fingerprint density at radius 3 is 2.58 bits per heavy atom. The lowest BCUT2D eigenvalue weighted by molar-refractivity contribution is 0.0756. The van der Waals surface area contributed by atoms with Crippen LogP contribution in [-0.2, 0) is 14.6 Å². The normalized spacial score (nSPS) is 19.0. The molecule has 1 fully saturated rings. The van der Waals surface area contributed by atoms with Crippen LogP contribution in [0.2, 0.25) is 0 Å². The molecule has 1 atom stereocenters. The highest BCUT2D eigenvalue weighted by molar-refractivity contribution is 7.92. The molecule has 0 amide bonds. The third-order valence-electron chi connectivity index (χ3n) is 5.04.